The van der Waals surface area contributed by atoms with E-state index in [0.717, 1.165) is 44.4 Å². The SMILES string of the molecule is c1ccc(N(c2cccc3ccccc23)c2c3ccccc3cc3c2oc2ccccc23)cc1. The van der Waals surface area contributed by atoms with Crippen LogP contribution in [-0.4, -0.2) is 0 Å². The highest BCUT2D eigenvalue weighted by Gasteiger charge is 2.23. The summed E-state index contributed by atoms with van der Waals surface area (Å²) >= 11 is 0. The van der Waals surface area contributed by atoms with Crippen molar-refractivity contribution in [1.82, 2.24) is 0 Å². The molecule has 2 nitrogen and oxygen atoms in total. The Labute approximate surface area is 197 Å². The highest BCUT2D eigenvalue weighted by molar-refractivity contribution is 6.20. The molecule has 0 unspecified atom stereocenters. The molecule has 0 radical (unpaired) electrons. The minimum atomic E-state index is 0.900. The molecule has 0 amide bonds. The number of para-hydroxylation sites is 2. The van der Waals surface area contributed by atoms with Crippen LogP contribution in [0.3, 0.4) is 0 Å². The molecule has 1 heterocycles. The number of benzene rings is 6. The van der Waals surface area contributed by atoms with E-state index >= 15 is 0 Å². The molecule has 0 fully saturated rings. The highest BCUT2D eigenvalue weighted by Crippen LogP contribution is 2.47. The fourth-order valence-corrected chi connectivity index (χ4v) is 5.09. The third kappa shape index (κ3) is 2.82. The summed E-state index contributed by atoms with van der Waals surface area (Å²) in [7, 11) is 0. The number of anilines is 3. The molecular weight excluding hydrogens is 414 g/mol. The molecule has 1 aromatic heterocycles. The smallest absolute Gasteiger partial charge is 0.160 e. The van der Waals surface area contributed by atoms with Gasteiger partial charge in [0.15, 0.2) is 5.58 Å². The molecule has 2 heteroatoms. The highest BCUT2D eigenvalue weighted by atomic mass is 16.3. The Bertz CT molecular complexity index is 1810. The number of hydrogen-bond donors (Lipinski definition) is 0. The van der Waals surface area contributed by atoms with Crippen molar-refractivity contribution in [2.24, 2.45) is 0 Å². The van der Waals surface area contributed by atoms with Gasteiger partial charge in [0.2, 0.25) is 0 Å². The van der Waals surface area contributed by atoms with E-state index < -0.39 is 0 Å². The van der Waals surface area contributed by atoms with Crippen LogP contribution in [0.25, 0.3) is 43.5 Å². The number of fused-ring (bicyclic) bond motifs is 5. The van der Waals surface area contributed by atoms with E-state index in [1.165, 1.54) is 16.2 Å². The lowest BCUT2D eigenvalue weighted by atomic mass is 10.0. The molecule has 0 aliphatic heterocycles. The predicted octanol–water partition coefficient (Wildman–Crippen LogP) is 9.36. The minimum absolute atomic E-state index is 0.900. The van der Waals surface area contributed by atoms with E-state index in [2.05, 4.69) is 126 Å². The topological polar surface area (TPSA) is 16.4 Å². The fourth-order valence-electron chi connectivity index (χ4n) is 5.09. The summed E-state index contributed by atoms with van der Waals surface area (Å²) in [5, 5.41) is 7.03. The van der Waals surface area contributed by atoms with E-state index in [4.69, 9.17) is 4.42 Å². The van der Waals surface area contributed by atoms with Crippen LogP contribution < -0.4 is 4.90 Å². The Kier molecular flexibility index (Phi) is 4.18. The summed E-state index contributed by atoms with van der Waals surface area (Å²) in [6.45, 7) is 0. The van der Waals surface area contributed by atoms with Gasteiger partial charge in [0.1, 0.15) is 5.58 Å². The van der Waals surface area contributed by atoms with Gasteiger partial charge in [-0.1, -0.05) is 97.1 Å². The maximum Gasteiger partial charge on any atom is 0.160 e. The van der Waals surface area contributed by atoms with Crippen LogP contribution in [0.15, 0.2) is 132 Å². The van der Waals surface area contributed by atoms with Crippen molar-refractivity contribution in [3.63, 3.8) is 0 Å². The Morgan fingerprint density at radius 2 is 1.12 bits per heavy atom. The second-order valence-corrected chi connectivity index (χ2v) is 8.59. The van der Waals surface area contributed by atoms with E-state index in [1.807, 2.05) is 6.07 Å². The van der Waals surface area contributed by atoms with Crippen LogP contribution in [0.5, 0.6) is 0 Å². The molecule has 6 aromatic carbocycles. The molecule has 34 heavy (non-hydrogen) atoms. The monoisotopic (exact) mass is 435 g/mol. The van der Waals surface area contributed by atoms with Crippen LogP contribution in [0.4, 0.5) is 17.1 Å². The van der Waals surface area contributed by atoms with Gasteiger partial charge in [0.05, 0.1) is 11.4 Å². The molecule has 0 N–H and O–H groups in total. The van der Waals surface area contributed by atoms with Crippen LogP contribution >= 0.6 is 0 Å². The minimum Gasteiger partial charge on any atom is -0.454 e. The van der Waals surface area contributed by atoms with Gasteiger partial charge in [-0.25, -0.2) is 0 Å². The third-order valence-electron chi connectivity index (χ3n) is 6.61. The third-order valence-corrected chi connectivity index (χ3v) is 6.61. The molecule has 7 aromatic rings. The molecule has 0 saturated carbocycles. The van der Waals surface area contributed by atoms with E-state index in [1.54, 1.807) is 0 Å². The lowest BCUT2D eigenvalue weighted by molar-refractivity contribution is 0.669. The van der Waals surface area contributed by atoms with Gasteiger partial charge in [-0.2, -0.15) is 0 Å². The van der Waals surface area contributed by atoms with Crippen LogP contribution in [0, 0.1) is 0 Å². The van der Waals surface area contributed by atoms with Gasteiger partial charge in [0.25, 0.3) is 0 Å². The Hall–Kier alpha value is -4.56. The van der Waals surface area contributed by atoms with Gasteiger partial charge in [-0.3, -0.25) is 0 Å². The van der Waals surface area contributed by atoms with Crippen molar-refractivity contribution in [2.75, 3.05) is 4.90 Å². The van der Waals surface area contributed by atoms with Crippen molar-refractivity contribution in [3.05, 3.63) is 127 Å². The summed E-state index contributed by atoms with van der Waals surface area (Å²) in [6.07, 6.45) is 0. The Morgan fingerprint density at radius 1 is 0.471 bits per heavy atom. The van der Waals surface area contributed by atoms with Crippen molar-refractivity contribution >= 4 is 60.5 Å². The van der Waals surface area contributed by atoms with Crippen LogP contribution in [0.1, 0.15) is 0 Å². The van der Waals surface area contributed by atoms with Crippen molar-refractivity contribution in [2.45, 2.75) is 0 Å². The van der Waals surface area contributed by atoms with Crippen molar-refractivity contribution in [1.29, 1.82) is 0 Å². The number of rotatable bonds is 3. The van der Waals surface area contributed by atoms with Gasteiger partial charge >= 0.3 is 0 Å². The summed E-state index contributed by atoms with van der Waals surface area (Å²) in [5.74, 6) is 0. The van der Waals surface area contributed by atoms with Crippen LogP contribution in [0.2, 0.25) is 0 Å². The molecule has 0 bridgehead atoms. The maximum atomic E-state index is 6.59. The van der Waals surface area contributed by atoms with E-state index in [0.29, 0.717) is 0 Å². The Morgan fingerprint density at radius 3 is 1.97 bits per heavy atom. The molecule has 7 rings (SSSR count). The van der Waals surface area contributed by atoms with E-state index in [9.17, 15) is 0 Å². The normalized spacial score (nSPS) is 11.5. The van der Waals surface area contributed by atoms with Gasteiger partial charge in [-0.15, -0.1) is 0 Å². The van der Waals surface area contributed by atoms with Gasteiger partial charge in [0, 0.05) is 27.2 Å². The van der Waals surface area contributed by atoms with Crippen molar-refractivity contribution in [3.8, 4) is 0 Å². The standard InChI is InChI=1S/C32H21NO/c1-2-14-24(15-3-1)33(29-19-10-13-22-11-4-6-16-25(22)29)31-26-17-7-5-12-23(26)21-28-27-18-8-9-20-30(27)34-32(28)31/h1-21H. The molecule has 0 aliphatic rings. The quantitative estimate of drug-likeness (QED) is 0.275. The van der Waals surface area contributed by atoms with E-state index in [-0.39, 0.29) is 0 Å². The van der Waals surface area contributed by atoms with Gasteiger partial charge < -0.3 is 9.32 Å². The predicted molar refractivity (Wildman–Crippen MR) is 143 cm³/mol. The number of hydrogen-bond acceptors (Lipinski definition) is 2. The zero-order valence-corrected chi connectivity index (χ0v) is 18.5. The maximum absolute atomic E-state index is 6.59. The first-order chi connectivity index (χ1) is 16.9. The fraction of sp³-hybridized carbons (Fsp3) is 0. The summed E-state index contributed by atoms with van der Waals surface area (Å²) in [4.78, 5) is 2.36. The summed E-state index contributed by atoms with van der Waals surface area (Å²) < 4.78 is 6.59. The Balaban J connectivity index is 1.68. The second kappa shape index (κ2) is 7.50. The first-order valence-corrected chi connectivity index (χ1v) is 11.5. The molecular formula is C32H21NO. The summed E-state index contributed by atoms with van der Waals surface area (Å²) in [6, 6.07) is 44.8. The average Bonchev–Trinajstić information content (AvgIpc) is 3.27. The van der Waals surface area contributed by atoms with Crippen molar-refractivity contribution < 1.29 is 4.42 Å². The molecule has 0 atom stereocenters. The molecule has 0 saturated heterocycles. The zero-order chi connectivity index (χ0) is 22.5. The first kappa shape index (κ1) is 19.0. The second-order valence-electron chi connectivity index (χ2n) is 8.59. The molecule has 0 aliphatic carbocycles. The zero-order valence-electron chi connectivity index (χ0n) is 18.5. The lowest BCUT2D eigenvalue weighted by Crippen LogP contribution is -2.11. The average molecular weight is 436 g/mol. The molecule has 160 valence electrons. The number of nitrogens with zero attached hydrogens (tertiary/aromatic N) is 1. The summed E-state index contributed by atoms with van der Waals surface area (Å²) in [5.41, 5.74) is 5.09. The lowest BCUT2D eigenvalue weighted by Gasteiger charge is -2.28. The molecule has 0 spiro atoms. The van der Waals surface area contributed by atoms with Crippen LogP contribution in [-0.2, 0) is 0 Å². The van der Waals surface area contributed by atoms with Gasteiger partial charge in [-0.05, 0) is 41.1 Å². The largest absolute Gasteiger partial charge is 0.454 e. The number of furan rings is 1. The first-order valence-electron chi connectivity index (χ1n) is 11.5.